The normalized spacial score (nSPS) is 25.9. The number of urea groups is 1. The highest BCUT2D eigenvalue weighted by atomic mass is 16.2. The molecule has 1 aliphatic carbocycles. The largest absolute Gasteiger partial charge is 0.333 e. The molecular weight excluding hydrogens is 288 g/mol. The molecule has 2 amide bonds. The molecule has 23 heavy (non-hydrogen) atoms. The molecule has 1 fully saturated rings. The Labute approximate surface area is 140 Å². The van der Waals surface area contributed by atoms with E-state index in [2.05, 4.69) is 43.4 Å². The molecule has 0 aromatic carbocycles. The van der Waals surface area contributed by atoms with Crippen LogP contribution >= 0.6 is 0 Å². The lowest BCUT2D eigenvalue weighted by Crippen LogP contribution is -2.52. The van der Waals surface area contributed by atoms with Crippen LogP contribution < -0.4 is 10.6 Å². The van der Waals surface area contributed by atoms with Crippen LogP contribution in [0.2, 0.25) is 0 Å². The van der Waals surface area contributed by atoms with Gasteiger partial charge in [-0.25, -0.2) is 4.79 Å². The summed E-state index contributed by atoms with van der Waals surface area (Å²) >= 11 is 0. The zero-order valence-corrected chi connectivity index (χ0v) is 15.5. The van der Waals surface area contributed by atoms with Crippen LogP contribution in [0.3, 0.4) is 0 Å². The lowest BCUT2D eigenvalue weighted by Gasteiger charge is -2.37. The van der Waals surface area contributed by atoms with Gasteiger partial charge < -0.3 is 10.6 Å². The number of carbonyl (C=O) groups excluding carboxylic acids is 1. The van der Waals surface area contributed by atoms with Crippen molar-refractivity contribution in [1.82, 2.24) is 20.4 Å². The van der Waals surface area contributed by atoms with Crippen molar-refractivity contribution in [3.63, 3.8) is 0 Å². The fourth-order valence-corrected chi connectivity index (χ4v) is 3.67. The molecule has 0 saturated heterocycles. The monoisotopic (exact) mass is 320 g/mol. The lowest BCUT2D eigenvalue weighted by molar-refractivity contribution is 0.193. The summed E-state index contributed by atoms with van der Waals surface area (Å²) in [4.78, 5) is 12.5. The van der Waals surface area contributed by atoms with E-state index in [1.54, 1.807) is 0 Å². The first-order chi connectivity index (χ1) is 10.8. The third-order valence-electron chi connectivity index (χ3n) is 5.42. The zero-order chi connectivity index (χ0) is 17.2. The van der Waals surface area contributed by atoms with Crippen LogP contribution in [0.1, 0.15) is 75.9 Å². The minimum atomic E-state index is -0.0755. The average Bonchev–Trinajstić information content (AvgIpc) is 2.73. The van der Waals surface area contributed by atoms with Crippen LogP contribution in [0.25, 0.3) is 0 Å². The fraction of sp³-hybridized carbons (Fsp3) is 0.778. The van der Waals surface area contributed by atoms with Gasteiger partial charge in [-0.3, -0.25) is 4.68 Å². The smallest absolute Gasteiger partial charge is 0.315 e. The van der Waals surface area contributed by atoms with E-state index in [-0.39, 0.29) is 17.6 Å². The maximum absolute atomic E-state index is 12.5. The van der Waals surface area contributed by atoms with Gasteiger partial charge >= 0.3 is 6.03 Å². The number of hydrogen-bond donors (Lipinski definition) is 2. The van der Waals surface area contributed by atoms with E-state index < -0.39 is 0 Å². The number of hydrogen-bond acceptors (Lipinski definition) is 2. The summed E-state index contributed by atoms with van der Waals surface area (Å²) in [6.07, 6.45) is 5.35. The van der Waals surface area contributed by atoms with Gasteiger partial charge in [-0.1, -0.05) is 13.8 Å². The van der Waals surface area contributed by atoms with Gasteiger partial charge in [0.05, 0.1) is 11.7 Å². The highest BCUT2D eigenvalue weighted by molar-refractivity contribution is 5.75. The van der Waals surface area contributed by atoms with Crippen molar-refractivity contribution in [2.75, 3.05) is 0 Å². The summed E-state index contributed by atoms with van der Waals surface area (Å²) in [5.74, 6) is 0.775. The zero-order valence-electron chi connectivity index (χ0n) is 15.5. The Kier molecular flexibility index (Phi) is 5.37. The van der Waals surface area contributed by atoms with E-state index in [9.17, 15) is 4.79 Å². The maximum atomic E-state index is 12.5. The van der Waals surface area contributed by atoms with Crippen molar-refractivity contribution < 1.29 is 4.79 Å². The molecule has 5 heteroatoms. The number of aromatic nitrogens is 2. The maximum Gasteiger partial charge on any atom is 0.315 e. The molecule has 1 aliphatic rings. The van der Waals surface area contributed by atoms with Gasteiger partial charge in [-0.2, -0.15) is 5.10 Å². The van der Waals surface area contributed by atoms with E-state index in [4.69, 9.17) is 0 Å². The Morgan fingerprint density at radius 3 is 2.48 bits per heavy atom. The number of amides is 2. The Morgan fingerprint density at radius 2 is 2.00 bits per heavy atom. The number of carbonyl (C=O) groups is 1. The van der Waals surface area contributed by atoms with Crippen LogP contribution in [-0.4, -0.2) is 21.4 Å². The molecule has 0 bridgehead atoms. The third kappa shape index (κ3) is 4.06. The topological polar surface area (TPSA) is 59.0 Å². The molecule has 5 nitrogen and oxygen atoms in total. The Morgan fingerprint density at radius 1 is 1.39 bits per heavy atom. The summed E-state index contributed by atoms with van der Waals surface area (Å²) < 4.78 is 1.89. The van der Waals surface area contributed by atoms with Gasteiger partial charge in [-0.05, 0) is 58.8 Å². The summed E-state index contributed by atoms with van der Waals surface area (Å²) in [6, 6.07) is -0.0497. The number of rotatable bonds is 4. The highest BCUT2D eigenvalue weighted by Gasteiger charge is 2.31. The number of nitrogens with zero attached hydrogens (tertiary/aromatic N) is 2. The van der Waals surface area contributed by atoms with E-state index >= 15 is 0 Å². The lowest BCUT2D eigenvalue weighted by atomic mass is 9.78. The van der Waals surface area contributed by atoms with Crippen molar-refractivity contribution in [2.24, 2.45) is 13.0 Å². The van der Waals surface area contributed by atoms with Crippen LogP contribution in [-0.2, 0) is 7.05 Å². The summed E-state index contributed by atoms with van der Waals surface area (Å²) in [7, 11) is 1.95. The standard InChI is InChI=1S/C18H32N4O/c1-7-15(16-13(3)21-22(6)14(16)4)19-17(23)20-18(5)10-8-12(2)9-11-18/h12,15H,7-11H2,1-6H3,(H2,19,20,23)/t12?,15-,18?/m1/s1. The number of aryl methyl sites for hydroxylation is 2. The van der Waals surface area contributed by atoms with Crippen molar-refractivity contribution >= 4 is 6.03 Å². The van der Waals surface area contributed by atoms with E-state index in [1.165, 1.54) is 12.8 Å². The van der Waals surface area contributed by atoms with Crippen molar-refractivity contribution in [3.8, 4) is 0 Å². The molecular formula is C18H32N4O. The second kappa shape index (κ2) is 6.93. The van der Waals surface area contributed by atoms with Crippen molar-refractivity contribution in [3.05, 3.63) is 17.0 Å². The fourth-order valence-electron chi connectivity index (χ4n) is 3.67. The van der Waals surface area contributed by atoms with Crippen LogP contribution in [0, 0.1) is 19.8 Å². The van der Waals surface area contributed by atoms with Crippen LogP contribution in [0.5, 0.6) is 0 Å². The van der Waals surface area contributed by atoms with Crippen molar-refractivity contribution in [1.29, 1.82) is 0 Å². The summed E-state index contributed by atoms with van der Waals surface area (Å²) in [5, 5.41) is 10.8. The Bertz CT molecular complexity index is 556. The minimum Gasteiger partial charge on any atom is -0.333 e. The SMILES string of the molecule is CC[C@@H](NC(=O)NC1(C)CCC(C)CC1)c1c(C)nn(C)c1C. The molecule has 1 aromatic heterocycles. The molecule has 0 radical (unpaired) electrons. The Balaban J connectivity index is 2.03. The van der Waals surface area contributed by atoms with Gasteiger partial charge in [0.1, 0.15) is 0 Å². The average molecular weight is 320 g/mol. The summed E-state index contributed by atoms with van der Waals surface area (Å²) in [5.41, 5.74) is 3.18. The Hall–Kier alpha value is -1.52. The summed E-state index contributed by atoms with van der Waals surface area (Å²) in [6.45, 7) is 10.6. The van der Waals surface area contributed by atoms with Crippen molar-refractivity contribution in [2.45, 2.75) is 78.3 Å². The molecule has 0 aliphatic heterocycles. The predicted molar refractivity (Wildman–Crippen MR) is 93.4 cm³/mol. The van der Waals surface area contributed by atoms with Gasteiger partial charge in [0, 0.05) is 23.8 Å². The van der Waals surface area contributed by atoms with Gasteiger partial charge in [0.15, 0.2) is 0 Å². The molecule has 1 saturated carbocycles. The molecule has 1 heterocycles. The minimum absolute atomic E-state index is 0.00909. The first-order valence-corrected chi connectivity index (χ1v) is 8.84. The third-order valence-corrected chi connectivity index (χ3v) is 5.42. The van der Waals surface area contributed by atoms with Crippen LogP contribution in [0.4, 0.5) is 4.79 Å². The van der Waals surface area contributed by atoms with E-state index in [1.807, 2.05) is 18.7 Å². The highest BCUT2D eigenvalue weighted by Crippen LogP contribution is 2.31. The molecule has 0 spiro atoms. The molecule has 1 atom stereocenters. The van der Waals surface area contributed by atoms with Gasteiger partial charge in [0.25, 0.3) is 0 Å². The molecule has 2 rings (SSSR count). The molecule has 1 aromatic rings. The molecule has 0 unspecified atom stereocenters. The predicted octanol–water partition coefficient (Wildman–Crippen LogP) is 3.76. The second-order valence-corrected chi connectivity index (χ2v) is 7.51. The quantitative estimate of drug-likeness (QED) is 0.887. The first kappa shape index (κ1) is 17.8. The number of nitrogens with one attached hydrogen (secondary N) is 2. The van der Waals surface area contributed by atoms with Crippen LogP contribution in [0.15, 0.2) is 0 Å². The van der Waals surface area contributed by atoms with Gasteiger partial charge in [0.2, 0.25) is 0 Å². The first-order valence-electron chi connectivity index (χ1n) is 8.84. The van der Waals surface area contributed by atoms with E-state index in [0.29, 0.717) is 0 Å². The molecule has 2 N–H and O–H groups in total. The van der Waals surface area contributed by atoms with Gasteiger partial charge in [-0.15, -0.1) is 0 Å². The molecule has 130 valence electrons. The van der Waals surface area contributed by atoms with E-state index in [0.717, 1.165) is 42.1 Å². The second-order valence-electron chi connectivity index (χ2n) is 7.51.